The fraction of sp³-hybridized carbons (Fsp3) is 0.436. The van der Waals surface area contributed by atoms with E-state index < -0.39 is 43.8 Å². The van der Waals surface area contributed by atoms with Gasteiger partial charge in [-0.3, -0.25) is 9.11 Å². The number of anilines is 2. The van der Waals surface area contributed by atoms with Gasteiger partial charge in [0.2, 0.25) is 11.5 Å². The van der Waals surface area contributed by atoms with Crippen molar-refractivity contribution in [1.29, 1.82) is 0 Å². The number of hydrogen-bond donors (Lipinski definition) is 2. The summed E-state index contributed by atoms with van der Waals surface area (Å²) in [7, 11) is -3.29. The molecule has 0 saturated carbocycles. The van der Waals surface area contributed by atoms with E-state index in [4.69, 9.17) is 28.4 Å². The summed E-state index contributed by atoms with van der Waals surface area (Å²) >= 11 is 0. The molecule has 0 bridgehead atoms. The van der Waals surface area contributed by atoms with Gasteiger partial charge in [-0.05, 0) is 93.8 Å². The Balaban J connectivity index is 1.52. The lowest BCUT2D eigenvalue weighted by atomic mass is 10.1. The SMILES string of the molecule is COc1cc(-c2ccc(N3CCCN(c4ccc(-c5cc(OC)c(OC(C)C)c(OC)c5)cn4)C(CS(=O)(=O)O)C3CS(=O)(=O)O)nc2)cc(OC)c1OC(C)C. The van der Waals surface area contributed by atoms with Crippen molar-refractivity contribution in [2.75, 3.05) is 62.8 Å². The van der Waals surface area contributed by atoms with E-state index in [-0.39, 0.29) is 25.3 Å². The van der Waals surface area contributed by atoms with Crippen molar-refractivity contribution < 1.29 is 54.4 Å². The third kappa shape index (κ3) is 10.7. The molecule has 1 saturated heterocycles. The first-order valence-corrected chi connectivity index (χ1v) is 21.4. The lowest BCUT2D eigenvalue weighted by Gasteiger charge is -2.39. The zero-order chi connectivity index (χ0) is 41.7. The maximum absolute atomic E-state index is 12.6. The molecular weight excluding hydrogens is 781 g/mol. The van der Waals surface area contributed by atoms with E-state index in [1.165, 1.54) is 28.4 Å². The highest BCUT2D eigenvalue weighted by Gasteiger charge is 2.41. The summed E-state index contributed by atoms with van der Waals surface area (Å²) in [6.07, 6.45) is 3.31. The summed E-state index contributed by atoms with van der Waals surface area (Å²) in [4.78, 5) is 12.6. The number of rotatable bonds is 16. The van der Waals surface area contributed by atoms with E-state index in [9.17, 15) is 25.9 Å². The fourth-order valence-corrected chi connectivity index (χ4v) is 8.48. The maximum atomic E-state index is 12.6. The van der Waals surface area contributed by atoms with Crippen LogP contribution in [-0.4, -0.2) is 113 Å². The average molecular weight is 831 g/mol. The smallest absolute Gasteiger partial charge is 0.266 e. The number of hydrogen-bond acceptors (Lipinski definition) is 14. The molecule has 1 aliphatic rings. The molecule has 57 heavy (non-hydrogen) atoms. The van der Waals surface area contributed by atoms with Crippen LogP contribution in [0.3, 0.4) is 0 Å². The van der Waals surface area contributed by atoms with Gasteiger partial charge in [0.15, 0.2) is 23.0 Å². The minimum atomic E-state index is -4.69. The molecule has 2 atom stereocenters. The van der Waals surface area contributed by atoms with Gasteiger partial charge in [0.1, 0.15) is 11.6 Å². The van der Waals surface area contributed by atoms with Crippen LogP contribution in [0, 0.1) is 0 Å². The number of methoxy groups -OCH3 is 4. The Bertz CT molecular complexity index is 2010. The minimum absolute atomic E-state index is 0.137. The summed E-state index contributed by atoms with van der Waals surface area (Å²) in [5.74, 6) is 1.63. The largest absolute Gasteiger partial charge is 0.493 e. The van der Waals surface area contributed by atoms with E-state index in [2.05, 4.69) is 9.97 Å². The molecule has 2 aromatic carbocycles. The number of benzene rings is 2. The molecule has 0 amide bonds. The van der Waals surface area contributed by atoms with Crippen molar-refractivity contribution in [1.82, 2.24) is 9.97 Å². The summed E-state index contributed by atoms with van der Waals surface area (Å²) in [6, 6.07) is 11.6. The molecule has 16 nitrogen and oxygen atoms in total. The zero-order valence-corrected chi connectivity index (χ0v) is 34.8. The van der Waals surface area contributed by atoms with Gasteiger partial charge in [0.05, 0.1) is 64.2 Å². The van der Waals surface area contributed by atoms with Gasteiger partial charge in [-0.1, -0.05) is 0 Å². The van der Waals surface area contributed by atoms with Crippen molar-refractivity contribution in [3.8, 4) is 56.8 Å². The predicted molar refractivity (Wildman–Crippen MR) is 217 cm³/mol. The van der Waals surface area contributed by atoms with Crippen LogP contribution in [0.5, 0.6) is 34.5 Å². The standard InChI is InChI=1S/C39H50N4O12S2/c1-24(2)54-38-32(50-5)16-28(17-33(38)51-6)26-10-12-36(40-20-26)42-14-9-15-43(31(23-57(47,48)49)30(42)22-56(44,45)46)37-13-11-27(21-41-37)29-18-34(52-7)39(55-25(3)4)35(19-29)53-8/h10-13,16-21,24-25,30-31H,9,14-15,22-23H2,1-8H3,(H,44,45,46)(H,47,48,49). The highest BCUT2D eigenvalue weighted by molar-refractivity contribution is 7.86. The monoisotopic (exact) mass is 830 g/mol. The summed E-state index contributed by atoms with van der Waals surface area (Å²) in [5, 5.41) is 0. The normalized spacial score (nSPS) is 16.4. The molecule has 4 aromatic rings. The summed E-state index contributed by atoms with van der Waals surface area (Å²) in [6.45, 7) is 8.02. The number of pyridine rings is 2. The molecule has 2 unspecified atom stereocenters. The molecule has 18 heteroatoms. The van der Waals surface area contributed by atoms with Gasteiger partial charge in [-0.15, -0.1) is 0 Å². The Morgan fingerprint density at radius 1 is 0.596 bits per heavy atom. The highest BCUT2D eigenvalue weighted by Crippen LogP contribution is 2.43. The average Bonchev–Trinajstić information content (AvgIpc) is 3.31. The van der Waals surface area contributed by atoms with Crippen molar-refractivity contribution in [3.63, 3.8) is 0 Å². The van der Waals surface area contributed by atoms with Crippen LogP contribution in [0.2, 0.25) is 0 Å². The zero-order valence-electron chi connectivity index (χ0n) is 33.2. The predicted octanol–water partition coefficient (Wildman–Crippen LogP) is 5.65. The van der Waals surface area contributed by atoms with Crippen LogP contribution in [0.25, 0.3) is 22.3 Å². The first-order valence-electron chi connectivity index (χ1n) is 18.2. The summed E-state index contributed by atoms with van der Waals surface area (Å²) in [5.41, 5.74) is 2.74. The lowest BCUT2D eigenvalue weighted by molar-refractivity contribution is 0.218. The van der Waals surface area contributed by atoms with Crippen LogP contribution >= 0.6 is 0 Å². The molecule has 2 N–H and O–H groups in total. The molecule has 1 aliphatic heterocycles. The van der Waals surface area contributed by atoms with Crippen molar-refractivity contribution in [2.24, 2.45) is 0 Å². The van der Waals surface area contributed by atoms with E-state index >= 15 is 0 Å². The Kier molecular flexibility index (Phi) is 13.6. The molecule has 1 fully saturated rings. The highest BCUT2D eigenvalue weighted by atomic mass is 32.2. The second-order valence-electron chi connectivity index (χ2n) is 13.9. The molecule has 0 aliphatic carbocycles. The molecule has 5 rings (SSSR count). The van der Waals surface area contributed by atoms with E-state index in [0.29, 0.717) is 74.8 Å². The first kappa shape index (κ1) is 43.1. The Labute approximate surface area is 334 Å². The van der Waals surface area contributed by atoms with Gasteiger partial charge in [0.25, 0.3) is 20.2 Å². The van der Waals surface area contributed by atoms with Gasteiger partial charge >= 0.3 is 0 Å². The third-order valence-electron chi connectivity index (χ3n) is 9.18. The summed E-state index contributed by atoms with van der Waals surface area (Å²) < 4.78 is 105. The Morgan fingerprint density at radius 3 is 1.18 bits per heavy atom. The molecule has 0 spiro atoms. The van der Waals surface area contributed by atoms with Crippen molar-refractivity contribution in [3.05, 3.63) is 60.9 Å². The van der Waals surface area contributed by atoms with Gasteiger partial charge < -0.3 is 38.2 Å². The Morgan fingerprint density at radius 2 is 0.930 bits per heavy atom. The second kappa shape index (κ2) is 18.0. The van der Waals surface area contributed by atoms with Crippen LogP contribution in [-0.2, 0) is 20.2 Å². The van der Waals surface area contributed by atoms with Crippen molar-refractivity contribution in [2.45, 2.75) is 58.4 Å². The number of ether oxygens (including phenoxy) is 6. The quantitative estimate of drug-likeness (QED) is 0.131. The molecule has 0 radical (unpaired) electrons. The van der Waals surface area contributed by atoms with Crippen LogP contribution in [0.4, 0.5) is 11.6 Å². The van der Waals surface area contributed by atoms with E-state index in [1.54, 1.807) is 70.7 Å². The third-order valence-corrected chi connectivity index (χ3v) is 10.7. The number of aromatic nitrogens is 2. The topological polar surface area (TPSA) is 196 Å². The van der Waals surface area contributed by atoms with Gasteiger partial charge in [0, 0.05) is 36.6 Å². The van der Waals surface area contributed by atoms with E-state index in [1.807, 2.05) is 27.7 Å². The first-order chi connectivity index (χ1) is 26.9. The molecule has 310 valence electrons. The fourth-order valence-electron chi connectivity index (χ4n) is 6.81. The van der Waals surface area contributed by atoms with Crippen LogP contribution < -0.4 is 38.2 Å². The molecular formula is C39H50N4O12S2. The second-order valence-corrected chi connectivity index (χ2v) is 16.9. The number of nitrogens with zero attached hydrogens (tertiary/aromatic N) is 4. The van der Waals surface area contributed by atoms with Gasteiger partial charge in [-0.25, -0.2) is 9.97 Å². The van der Waals surface area contributed by atoms with Gasteiger partial charge in [-0.2, -0.15) is 16.8 Å². The van der Waals surface area contributed by atoms with Crippen molar-refractivity contribution >= 4 is 31.9 Å². The minimum Gasteiger partial charge on any atom is -0.493 e. The molecule has 3 heterocycles. The van der Waals surface area contributed by atoms with Crippen LogP contribution in [0.15, 0.2) is 60.9 Å². The van der Waals surface area contributed by atoms with Crippen LogP contribution in [0.1, 0.15) is 34.1 Å². The lowest BCUT2D eigenvalue weighted by Crippen LogP contribution is -2.56. The maximum Gasteiger partial charge on any atom is 0.266 e. The molecule has 2 aromatic heterocycles. The Hall–Kier alpha value is -5.04. The van der Waals surface area contributed by atoms with E-state index in [0.717, 1.165) is 0 Å².